The van der Waals surface area contributed by atoms with Gasteiger partial charge in [0.05, 0.1) is 19.1 Å². The summed E-state index contributed by atoms with van der Waals surface area (Å²) in [5.74, 6) is -2.63. The lowest BCUT2D eigenvalue weighted by molar-refractivity contribution is -0.317. The fraction of sp³-hybridized carbons (Fsp3) is 0.875. The summed E-state index contributed by atoms with van der Waals surface area (Å²) >= 11 is 0. The van der Waals surface area contributed by atoms with E-state index in [0.29, 0.717) is 50.7 Å². The van der Waals surface area contributed by atoms with Crippen molar-refractivity contribution >= 4 is 11.6 Å². The third kappa shape index (κ3) is 3.29. The maximum absolute atomic E-state index is 13.7. The Morgan fingerprint density at radius 1 is 1.40 bits per heavy atom. The van der Waals surface area contributed by atoms with Gasteiger partial charge in [0.1, 0.15) is 0 Å². The highest BCUT2D eigenvalue weighted by Crippen LogP contribution is 2.48. The van der Waals surface area contributed by atoms with Crippen LogP contribution in [0.1, 0.15) is 32.6 Å². The number of alkyl halides is 3. The van der Waals surface area contributed by atoms with Gasteiger partial charge in [0.2, 0.25) is 5.91 Å². The average molecular weight is 363 g/mol. The number of aliphatic hydroxyl groups is 1. The molecule has 1 saturated heterocycles. The van der Waals surface area contributed by atoms with Crippen LogP contribution in [0.4, 0.5) is 13.2 Å². The van der Waals surface area contributed by atoms with Crippen LogP contribution in [-0.2, 0) is 9.53 Å². The second-order valence-corrected chi connectivity index (χ2v) is 7.08. The van der Waals surface area contributed by atoms with E-state index in [0.717, 1.165) is 6.42 Å². The van der Waals surface area contributed by atoms with Crippen LogP contribution < -0.4 is 0 Å². The van der Waals surface area contributed by atoms with Crippen molar-refractivity contribution in [3.8, 4) is 0 Å². The Hall–Kier alpha value is -1.19. The normalized spacial score (nSPS) is 32.3. The van der Waals surface area contributed by atoms with Crippen molar-refractivity contribution in [2.24, 2.45) is 16.9 Å². The van der Waals surface area contributed by atoms with Crippen molar-refractivity contribution in [2.45, 2.75) is 44.5 Å². The van der Waals surface area contributed by atoms with Crippen LogP contribution in [0.5, 0.6) is 0 Å². The summed E-state index contributed by atoms with van der Waals surface area (Å²) < 4.78 is 46.3. The molecular formula is C16H24F3N3O3. The Labute approximate surface area is 144 Å². The van der Waals surface area contributed by atoms with E-state index in [1.54, 1.807) is 6.92 Å². The minimum atomic E-state index is -4.95. The molecule has 0 radical (unpaired) electrons. The van der Waals surface area contributed by atoms with Crippen molar-refractivity contribution in [1.82, 2.24) is 9.91 Å². The van der Waals surface area contributed by atoms with E-state index in [9.17, 15) is 23.1 Å². The summed E-state index contributed by atoms with van der Waals surface area (Å²) in [5.41, 5.74) is -2.93. The molecule has 0 aromatic heterocycles. The van der Waals surface area contributed by atoms with Gasteiger partial charge in [-0.15, -0.1) is 0 Å². The number of rotatable bonds is 3. The standard InChI is InChI=1S/C16H24F3N3O3/c1-11(10-21-6-8-25-9-7-21)14(23)22-15(24,16(17,18)19)12-4-2-3-5-13(12)20-22/h11-12,24H,2-10H2,1H3/t11-,12-,15-/m1/s1. The van der Waals surface area contributed by atoms with E-state index in [4.69, 9.17) is 4.74 Å². The topological polar surface area (TPSA) is 65.4 Å². The molecule has 6 nitrogen and oxygen atoms in total. The molecule has 0 aromatic carbocycles. The summed E-state index contributed by atoms with van der Waals surface area (Å²) in [6, 6.07) is 0. The van der Waals surface area contributed by atoms with E-state index >= 15 is 0 Å². The van der Waals surface area contributed by atoms with Gasteiger partial charge in [0.15, 0.2) is 0 Å². The first kappa shape index (κ1) is 18.6. The number of hydrazone groups is 1. The molecule has 1 N–H and O–H groups in total. The predicted octanol–water partition coefficient (Wildman–Crippen LogP) is 1.59. The molecule has 0 spiro atoms. The van der Waals surface area contributed by atoms with Gasteiger partial charge in [0.25, 0.3) is 5.72 Å². The van der Waals surface area contributed by atoms with E-state index < -0.39 is 29.6 Å². The van der Waals surface area contributed by atoms with Gasteiger partial charge < -0.3 is 9.84 Å². The highest BCUT2D eigenvalue weighted by molar-refractivity contribution is 5.93. The number of amides is 1. The van der Waals surface area contributed by atoms with Crippen molar-refractivity contribution in [2.75, 3.05) is 32.8 Å². The van der Waals surface area contributed by atoms with Crippen LogP contribution in [0, 0.1) is 11.8 Å². The molecule has 2 fully saturated rings. The lowest BCUT2D eigenvalue weighted by Crippen LogP contribution is -2.62. The highest BCUT2D eigenvalue weighted by atomic mass is 19.4. The third-order valence-corrected chi connectivity index (χ3v) is 5.30. The number of hydrogen-bond donors (Lipinski definition) is 1. The van der Waals surface area contributed by atoms with Gasteiger partial charge in [-0.1, -0.05) is 13.3 Å². The second kappa shape index (κ2) is 6.85. The monoisotopic (exact) mass is 363 g/mol. The minimum absolute atomic E-state index is 0.191. The zero-order valence-electron chi connectivity index (χ0n) is 14.3. The zero-order valence-corrected chi connectivity index (χ0v) is 14.3. The van der Waals surface area contributed by atoms with Gasteiger partial charge in [-0.3, -0.25) is 9.69 Å². The van der Waals surface area contributed by atoms with Crippen molar-refractivity contribution < 1.29 is 27.8 Å². The van der Waals surface area contributed by atoms with Crippen LogP contribution in [0.3, 0.4) is 0 Å². The molecule has 1 amide bonds. The molecular weight excluding hydrogens is 339 g/mol. The number of fused-ring (bicyclic) bond motifs is 1. The number of hydrogen-bond acceptors (Lipinski definition) is 5. The lowest BCUT2D eigenvalue weighted by Gasteiger charge is -2.39. The number of halogens is 3. The molecule has 0 bridgehead atoms. The molecule has 3 rings (SSSR count). The van der Waals surface area contributed by atoms with Crippen molar-refractivity contribution in [3.63, 3.8) is 0 Å². The highest BCUT2D eigenvalue weighted by Gasteiger charge is 2.68. The Balaban J connectivity index is 1.80. The Bertz CT molecular complexity index is 548. The summed E-state index contributed by atoms with van der Waals surface area (Å²) in [6.07, 6.45) is -3.04. The summed E-state index contributed by atoms with van der Waals surface area (Å²) in [5, 5.41) is 14.8. The maximum Gasteiger partial charge on any atom is 0.439 e. The Morgan fingerprint density at radius 3 is 2.72 bits per heavy atom. The molecule has 3 atom stereocenters. The first-order chi connectivity index (χ1) is 11.7. The van der Waals surface area contributed by atoms with Crippen molar-refractivity contribution in [3.05, 3.63) is 0 Å². The van der Waals surface area contributed by atoms with E-state index in [-0.39, 0.29) is 12.1 Å². The van der Waals surface area contributed by atoms with Gasteiger partial charge >= 0.3 is 6.18 Å². The fourth-order valence-electron chi connectivity index (χ4n) is 3.89. The first-order valence-corrected chi connectivity index (χ1v) is 8.75. The van der Waals surface area contributed by atoms with Crippen LogP contribution in [0.2, 0.25) is 0 Å². The minimum Gasteiger partial charge on any atom is -0.379 e. The van der Waals surface area contributed by atoms with Crippen LogP contribution in [-0.4, -0.2) is 71.4 Å². The smallest absolute Gasteiger partial charge is 0.379 e. The van der Waals surface area contributed by atoms with E-state index in [1.165, 1.54) is 0 Å². The fourth-order valence-corrected chi connectivity index (χ4v) is 3.89. The quantitative estimate of drug-likeness (QED) is 0.827. The number of ether oxygens (including phenoxy) is 1. The summed E-state index contributed by atoms with van der Waals surface area (Å²) in [4.78, 5) is 14.7. The average Bonchev–Trinajstić information content (AvgIpc) is 2.89. The SMILES string of the molecule is C[C@H](CN1CCOCC1)C(=O)N1N=C2CCCC[C@H]2[C@@]1(O)C(F)(F)F. The largest absolute Gasteiger partial charge is 0.439 e. The maximum atomic E-state index is 13.7. The number of carbonyl (C=O) groups excluding carboxylic acids is 1. The number of nitrogens with zero attached hydrogens (tertiary/aromatic N) is 3. The molecule has 142 valence electrons. The van der Waals surface area contributed by atoms with Gasteiger partial charge in [-0.2, -0.15) is 23.3 Å². The number of carbonyl (C=O) groups is 1. The van der Waals surface area contributed by atoms with Crippen molar-refractivity contribution in [1.29, 1.82) is 0 Å². The molecule has 25 heavy (non-hydrogen) atoms. The molecule has 0 aromatic rings. The van der Waals surface area contributed by atoms with Crippen LogP contribution in [0.15, 0.2) is 5.10 Å². The molecule has 9 heteroatoms. The molecule has 2 heterocycles. The van der Waals surface area contributed by atoms with E-state index in [2.05, 4.69) is 5.10 Å². The lowest BCUT2D eigenvalue weighted by atomic mass is 9.80. The first-order valence-electron chi connectivity index (χ1n) is 8.75. The molecule has 3 aliphatic rings. The molecule has 1 aliphatic carbocycles. The molecule has 0 unspecified atom stereocenters. The molecule has 2 aliphatic heterocycles. The zero-order chi connectivity index (χ0) is 18.2. The van der Waals surface area contributed by atoms with E-state index in [1.807, 2.05) is 4.90 Å². The summed E-state index contributed by atoms with van der Waals surface area (Å²) in [6.45, 7) is 4.26. The Kier molecular flexibility index (Phi) is 5.09. The van der Waals surface area contributed by atoms with Gasteiger partial charge in [-0.05, 0) is 19.3 Å². The molecule has 1 saturated carbocycles. The van der Waals surface area contributed by atoms with Gasteiger partial charge in [0, 0.05) is 31.3 Å². The van der Waals surface area contributed by atoms with Gasteiger partial charge in [-0.25, -0.2) is 0 Å². The Morgan fingerprint density at radius 2 is 2.08 bits per heavy atom. The predicted molar refractivity (Wildman–Crippen MR) is 83.7 cm³/mol. The van der Waals surface area contributed by atoms with Crippen LogP contribution >= 0.6 is 0 Å². The summed E-state index contributed by atoms with van der Waals surface area (Å²) in [7, 11) is 0. The number of morpholine rings is 1. The second-order valence-electron chi connectivity index (χ2n) is 7.08. The third-order valence-electron chi connectivity index (χ3n) is 5.30. The van der Waals surface area contributed by atoms with Crippen LogP contribution in [0.25, 0.3) is 0 Å².